The largest absolute Gasteiger partial charge is 0.481 e. The maximum absolute atomic E-state index is 11.0. The van der Waals surface area contributed by atoms with E-state index in [4.69, 9.17) is 5.11 Å². The molecule has 1 aromatic carbocycles. The molecule has 2 N–H and O–H groups in total. The highest BCUT2D eigenvalue weighted by atomic mass is 32.1. The van der Waals surface area contributed by atoms with E-state index >= 15 is 0 Å². The molecule has 0 unspecified atom stereocenters. The number of carboxylic acid groups (broad SMARTS) is 1. The van der Waals surface area contributed by atoms with Gasteiger partial charge < -0.3 is 10.4 Å². The molecule has 1 aliphatic rings. The van der Waals surface area contributed by atoms with Crippen LogP contribution in [0.2, 0.25) is 0 Å². The first-order valence-electron chi connectivity index (χ1n) is 8.32. The normalized spacial score (nSPS) is 20.3. The molecule has 25 heavy (non-hydrogen) atoms. The van der Waals surface area contributed by atoms with E-state index in [1.807, 2.05) is 6.07 Å². The van der Waals surface area contributed by atoms with Crippen LogP contribution < -0.4 is 5.32 Å². The summed E-state index contributed by atoms with van der Waals surface area (Å²) < 4.78 is 0. The predicted octanol–water partition coefficient (Wildman–Crippen LogP) is 4.06. The summed E-state index contributed by atoms with van der Waals surface area (Å²) in [6.45, 7) is 0.764. The van der Waals surface area contributed by atoms with Crippen LogP contribution in [0.25, 0.3) is 10.4 Å². The highest BCUT2D eigenvalue weighted by molar-refractivity contribution is 7.15. The number of rotatable bonds is 6. The molecular weight excluding hydrogens is 340 g/mol. The van der Waals surface area contributed by atoms with Gasteiger partial charge in [0.1, 0.15) is 0 Å². The molecule has 132 valence electrons. The quantitative estimate of drug-likeness (QED) is 0.599. The van der Waals surface area contributed by atoms with Crippen LogP contribution in [0.5, 0.6) is 0 Å². The monoisotopic (exact) mass is 360 g/mol. The summed E-state index contributed by atoms with van der Waals surface area (Å²) in [6, 6.07) is 11.1. The number of nitrogens with one attached hydrogen (secondary N) is 1. The Kier molecular flexibility index (Phi) is 5.45. The molecule has 0 amide bonds. The first kappa shape index (κ1) is 17.6. The molecule has 1 heterocycles. The van der Waals surface area contributed by atoms with Gasteiger partial charge in [0, 0.05) is 34.5 Å². The zero-order valence-electron chi connectivity index (χ0n) is 13.7. The number of thiophene rings is 1. The van der Waals surface area contributed by atoms with Gasteiger partial charge in [-0.05, 0) is 55.5 Å². The first-order valence-corrected chi connectivity index (χ1v) is 9.14. The lowest BCUT2D eigenvalue weighted by atomic mass is 9.86. The van der Waals surface area contributed by atoms with Gasteiger partial charge in [-0.3, -0.25) is 14.9 Å². The molecule has 7 heteroatoms. The van der Waals surface area contributed by atoms with Crippen LogP contribution in [-0.2, 0) is 11.3 Å². The molecule has 1 fully saturated rings. The Balaban J connectivity index is 1.54. The number of aliphatic carboxylic acids is 1. The van der Waals surface area contributed by atoms with Gasteiger partial charge in [-0.25, -0.2) is 0 Å². The number of benzene rings is 1. The first-order chi connectivity index (χ1) is 12.0. The molecule has 0 radical (unpaired) electrons. The zero-order chi connectivity index (χ0) is 17.8. The van der Waals surface area contributed by atoms with E-state index in [-0.39, 0.29) is 11.6 Å². The molecular formula is C18H20N2O4S. The fraction of sp³-hybridized carbons (Fsp3) is 0.389. The molecule has 3 rings (SSSR count). The van der Waals surface area contributed by atoms with Crippen molar-refractivity contribution in [2.75, 3.05) is 0 Å². The van der Waals surface area contributed by atoms with E-state index in [1.54, 1.807) is 23.5 Å². The van der Waals surface area contributed by atoms with Gasteiger partial charge in [-0.2, -0.15) is 0 Å². The molecule has 6 nitrogen and oxygen atoms in total. The van der Waals surface area contributed by atoms with Gasteiger partial charge in [0.2, 0.25) is 0 Å². The van der Waals surface area contributed by atoms with Crippen LogP contribution in [-0.4, -0.2) is 22.0 Å². The predicted molar refractivity (Wildman–Crippen MR) is 96.6 cm³/mol. The molecule has 0 atom stereocenters. The summed E-state index contributed by atoms with van der Waals surface area (Å²) in [5.74, 6) is -0.863. The number of hydrogen-bond donors (Lipinski definition) is 2. The molecule has 0 bridgehead atoms. The molecule has 0 aliphatic heterocycles. The van der Waals surface area contributed by atoms with Crippen molar-refractivity contribution in [2.24, 2.45) is 5.92 Å². The molecule has 0 saturated heterocycles. The lowest BCUT2D eigenvalue weighted by Crippen LogP contribution is -2.34. The van der Waals surface area contributed by atoms with Crippen molar-refractivity contribution >= 4 is 23.0 Å². The SMILES string of the molecule is O=C(O)C1CCC(NCc2ccc(-c3ccc([N+](=O)[O-])cc3)s2)CC1. The van der Waals surface area contributed by atoms with Crippen molar-refractivity contribution in [3.05, 3.63) is 51.4 Å². The standard InChI is InChI=1S/C18H20N2O4S/c21-18(22)13-1-5-14(6-2-13)19-11-16-9-10-17(25-16)12-3-7-15(8-4-12)20(23)24/h3-4,7-10,13-14,19H,1-2,5-6,11H2,(H,21,22). The summed E-state index contributed by atoms with van der Waals surface area (Å²) in [6.07, 6.45) is 3.28. The van der Waals surface area contributed by atoms with E-state index in [0.29, 0.717) is 6.04 Å². The van der Waals surface area contributed by atoms with Crippen molar-refractivity contribution in [3.63, 3.8) is 0 Å². The lowest BCUT2D eigenvalue weighted by molar-refractivity contribution is -0.384. The van der Waals surface area contributed by atoms with E-state index < -0.39 is 10.9 Å². The van der Waals surface area contributed by atoms with Crippen molar-refractivity contribution in [1.29, 1.82) is 0 Å². The topological polar surface area (TPSA) is 92.5 Å². The Bertz CT molecular complexity index is 749. The third kappa shape index (κ3) is 4.43. The number of nitrogens with zero attached hydrogens (tertiary/aromatic N) is 1. The van der Waals surface area contributed by atoms with E-state index in [0.717, 1.165) is 42.7 Å². The highest BCUT2D eigenvalue weighted by Gasteiger charge is 2.25. The minimum atomic E-state index is -0.676. The van der Waals surface area contributed by atoms with Crippen molar-refractivity contribution in [1.82, 2.24) is 5.32 Å². The van der Waals surface area contributed by atoms with Crippen LogP contribution in [0.15, 0.2) is 36.4 Å². The van der Waals surface area contributed by atoms with Gasteiger partial charge in [0.05, 0.1) is 10.8 Å². The van der Waals surface area contributed by atoms with Gasteiger partial charge in [0.15, 0.2) is 0 Å². The summed E-state index contributed by atoms with van der Waals surface area (Å²) in [5.41, 5.74) is 1.07. The summed E-state index contributed by atoms with van der Waals surface area (Å²) in [4.78, 5) is 23.6. The average Bonchev–Trinajstić information content (AvgIpc) is 3.09. The van der Waals surface area contributed by atoms with Crippen LogP contribution in [0.4, 0.5) is 5.69 Å². The third-order valence-corrected chi connectivity index (χ3v) is 5.80. The summed E-state index contributed by atoms with van der Waals surface area (Å²) >= 11 is 1.67. The average molecular weight is 360 g/mol. The van der Waals surface area contributed by atoms with Crippen LogP contribution in [0.1, 0.15) is 30.6 Å². The maximum Gasteiger partial charge on any atom is 0.306 e. The number of carboxylic acids is 1. The van der Waals surface area contributed by atoms with E-state index in [2.05, 4.69) is 11.4 Å². The maximum atomic E-state index is 11.0. The number of hydrogen-bond acceptors (Lipinski definition) is 5. The highest BCUT2D eigenvalue weighted by Crippen LogP contribution is 2.30. The third-order valence-electron chi connectivity index (χ3n) is 4.67. The Morgan fingerprint density at radius 2 is 1.84 bits per heavy atom. The van der Waals surface area contributed by atoms with Crippen molar-refractivity contribution in [3.8, 4) is 10.4 Å². The van der Waals surface area contributed by atoms with Crippen molar-refractivity contribution < 1.29 is 14.8 Å². The van der Waals surface area contributed by atoms with E-state index in [1.165, 1.54) is 17.0 Å². The molecule has 2 aromatic rings. The zero-order valence-corrected chi connectivity index (χ0v) is 14.5. The molecule has 1 saturated carbocycles. The van der Waals surface area contributed by atoms with Gasteiger partial charge in [-0.1, -0.05) is 0 Å². The smallest absolute Gasteiger partial charge is 0.306 e. The minimum absolute atomic E-state index is 0.0964. The van der Waals surface area contributed by atoms with Crippen LogP contribution in [0, 0.1) is 16.0 Å². The second-order valence-electron chi connectivity index (χ2n) is 6.34. The Morgan fingerprint density at radius 3 is 2.44 bits per heavy atom. The van der Waals surface area contributed by atoms with Gasteiger partial charge >= 0.3 is 5.97 Å². The van der Waals surface area contributed by atoms with Crippen molar-refractivity contribution in [2.45, 2.75) is 38.3 Å². The Morgan fingerprint density at radius 1 is 1.16 bits per heavy atom. The number of non-ortho nitro benzene ring substituents is 1. The fourth-order valence-corrected chi connectivity index (χ4v) is 4.13. The lowest BCUT2D eigenvalue weighted by Gasteiger charge is -2.26. The number of carbonyl (C=O) groups is 1. The molecule has 0 spiro atoms. The number of nitro benzene ring substituents is 1. The fourth-order valence-electron chi connectivity index (χ4n) is 3.16. The molecule has 1 aromatic heterocycles. The summed E-state index contributed by atoms with van der Waals surface area (Å²) in [7, 11) is 0. The van der Waals surface area contributed by atoms with E-state index in [9.17, 15) is 14.9 Å². The number of nitro groups is 1. The Hall–Kier alpha value is -2.25. The second-order valence-corrected chi connectivity index (χ2v) is 7.51. The summed E-state index contributed by atoms with van der Waals surface area (Å²) in [5, 5.41) is 23.3. The van der Waals surface area contributed by atoms with Crippen LogP contribution in [0.3, 0.4) is 0 Å². The molecule has 1 aliphatic carbocycles. The second kappa shape index (κ2) is 7.76. The minimum Gasteiger partial charge on any atom is -0.481 e. The Labute approximate surface area is 149 Å². The van der Waals surface area contributed by atoms with Gasteiger partial charge in [0.25, 0.3) is 5.69 Å². The van der Waals surface area contributed by atoms with Crippen LogP contribution >= 0.6 is 11.3 Å². The van der Waals surface area contributed by atoms with Gasteiger partial charge in [-0.15, -0.1) is 11.3 Å².